The average Bonchev–Trinajstić information content (AvgIpc) is 2.49. The molecular formula is C10H14N2S2. The summed E-state index contributed by atoms with van der Waals surface area (Å²) in [5, 5.41) is 9.83. The molecule has 0 aliphatic heterocycles. The van der Waals surface area contributed by atoms with Crippen LogP contribution in [-0.2, 0) is 12.2 Å². The zero-order valence-electron chi connectivity index (χ0n) is 8.70. The lowest BCUT2D eigenvalue weighted by molar-refractivity contribution is 0.816. The van der Waals surface area contributed by atoms with Gasteiger partial charge in [0.15, 0.2) is 0 Å². The van der Waals surface area contributed by atoms with E-state index in [1.165, 1.54) is 0 Å². The lowest BCUT2D eigenvalue weighted by Gasteiger charge is -2.00. The van der Waals surface area contributed by atoms with Crippen LogP contribution in [0.25, 0.3) is 0 Å². The van der Waals surface area contributed by atoms with Crippen LogP contribution in [-0.4, -0.2) is 11.2 Å². The van der Waals surface area contributed by atoms with E-state index in [-0.39, 0.29) is 0 Å². The summed E-state index contributed by atoms with van der Waals surface area (Å²) in [6.45, 7) is 4.25. The van der Waals surface area contributed by atoms with Crippen LogP contribution in [0.5, 0.6) is 0 Å². The smallest absolute Gasteiger partial charge is 0.103 e. The highest BCUT2D eigenvalue weighted by molar-refractivity contribution is 7.97. The number of hydrogen-bond acceptors (Lipinski definition) is 4. The van der Waals surface area contributed by atoms with E-state index >= 15 is 0 Å². The van der Waals surface area contributed by atoms with Gasteiger partial charge in [0.2, 0.25) is 0 Å². The van der Waals surface area contributed by atoms with Crippen LogP contribution in [0.1, 0.15) is 35.3 Å². The van der Waals surface area contributed by atoms with Crippen molar-refractivity contribution in [3.8, 4) is 6.07 Å². The minimum absolute atomic E-state index is 0.421. The fraction of sp³-hybridized carbons (Fsp3) is 0.600. The first-order chi connectivity index (χ1) is 6.69. The Morgan fingerprint density at radius 1 is 1.57 bits per heavy atom. The van der Waals surface area contributed by atoms with Crippen LogP contribution in [0.3, 0.4) is 0 Å². The minimum atomic E-state index is 0.421. The number of rotatable bonds is 4. The number of thioether (sulfide) groups is 1. The van der Waals surface area contributed by atoms with Gasteiger partial charge in [-0.2, -0.15) is 17.0 Å². The maximum Gasteiger partial charge on any atom is 0.103 e. The molecule has 0 saturated carbocycles. The van der Waals surface area contributed by atoms with E-state index in [0.29, 0.717) is 12.3 Å². The molecule has 2 nitrogen and oxygen atoms in total. The molecule has 14 heavy (non-hydrogen) atoms. The van der Waals surface area contributed by atoms with Crippen molar-refractivity contribution >= 4 is 23.1 Å². The van der Waals surface area contributed by atoms with E-state index in [1.807, 2.05) is 0 Å². The lowest BCUT2D eigenvalue weighted by Crippen LogP contribution is -1.92. The molecule has 0 amide bonds. The molecule has 0 radical (unpaired) electrons. The van der Waals surface area contributed by atoms with Crippen LogP contribution < -0.4 is 0 Å². The first-order valence-corrected chi connectivity index (χ1v) is 6.74. The fourth-order valence-electron chi connectivity index (χ4n) is 1.25. The number of nitrogens with zero attached hydrogens (tertiary/aromatic N) is 2. The Balaban J connectivity index is 2.94. The molecule has 0 aliphatic carbocycles. The molecule has 0 unspecified atom stereocenters. The van der Waals surface area contributed by atoms with Crippen molar-refractivity contribution in [3.05, 3.63) is 15.6 Å². The van der Waals surface area contributed by atoms with Crippen molar-refractivity contribution in [1.29, 1.82) is 5.26 Å². The van der Waals surface area contributed by atoms with Gasteiger partial charge < -0.3 is 0 Å². The van der Waals surface area contributed by atoms with Gasteiger partial charge in [0, 0.05) is 10.6 Å². The predicted molar refractivity (Wildman–Crippen MR) is 62.7 cm³/mol. The summed E-state index contributed by atoms with van der Waals surface area (Å²) < 4.78 is 0. The number of aromatic nitrogens is 1. The van der Waals surface area contributed by atoms with E-state index in [1.54, 1.807) is 23.1 Å². The molecule has 1 heterocycles. The van der Waals surface area contributed by atoms with Crippen LogP contribution in [0.4, 0.5) is 0 Å². The molecule has 0 N–H and O–H groups in total. The molecule has 0 aliphatic rings. The Labute approximate surface area is 93.4 Å². The van der Waals surface area contributed by atoms with Crippen LogP contribution in [0, 0.1) is 11.3 Å². The maximum atomic E-state index is 8.69. The second kappa shape index (κ2) is 5.38. The summed E-state index contributed by atoms with van der Waals surface area (Å²) in [5.74, 6) is 1.38. The second-order valence-corrected chi connectivity index (χ2v) is 5.37. The van der Waals surface area contributed by atoms with E-state index in [2.05, 4.69) is 31.2 Å². The summed E-state index contributed by atoms with van der Waals surface area (Å²) >= 11 is 3.45. The molecule has 0 bridgehead atoms. The molecule has 4 heteroatoms. The summed E-state index contributed by atoms with van der Waals surface area (Å²) in [4.78, 5) is 5.71. The fourth-order valence-corrected chi connectivity index (χ4v) is 3.10. The first kappa shape index (κ1) is 11.5. The summed E-state index contributed by atoms with van der Waals surface area (Å²) in [6, 6.07) is 2.20. The van der Waals surface area contributed by atoms with Crippen LogP contribution in [0.2, 0.25) is 0 Å². The molecule has 1 aromatic rings. The largest absolute Gasteiger partial charge is 0.245 e. The molecule has 0 atom stereocenters. The molecule has 0 aromatic carbocycles. The number of hydrogen-bond donors (Lipinski definition) is 0. The monoisotopic (exact) mass is 226 g/mol. The molecule has 76 valence electrons. The van der Waals surface area contributed by atoms with Gasteiger partial charge in [-0.05, 0) is 12.2 Å². The van der Waals surface area contributed by atoms with Crippen molar-refractivity contribution in [2.45, 2.75) is 31.9 Å². The highest BCUT2D eigenvalue weighted by Crippen LogP contribution is 2.27. The molecule has 0 spiro atoms. The van der Waals surface area contributed by atoms with Gasteiger partial charge >= 0.3 is 0 Å². The second-order valence-electron chi connectivity index (χ2n) is 3.34. The average molecular weight is 226 g/mol. The standard InChI is InChI=1S/C10H14N2S2/c1-7(2)10-8(4-5-11)14-9(12-10)6-13-3/h7H,4,6H2,1-3H3. The van der Waals surface area contributed by atoms with E-state index in [4.69, 9.17) is 5.26 Å². The summed E-state index contributed by atoms with van der Waals surface area (Å²) in [6.07, 6.45) is 2.57. The van der Waals surface area contributed by atoms with Crippen molar-refractivity contribution in [3.63, 3.8) is 0 Å². The minimum Gasteiger partial charge on any atom is -0.245 e. The highest BCUT2D eigenvalue weighted by Gasteiger charge is 2.13. The Morgan fingerprint density at radius 3 is 2.79 bits per heavy atom. The predicted octanol–water partition coefficient (Wildman–Crippen LogP) is 3.20. The SMILES string of the molecule is CSCc1nc(C(C)C)c(CC#N)s1. The molecule has 0 saturated heterocycles. The van der Waals surface area contributed by atoms with E-state index in [9.17, 15) is 0 Å². The molecule has 1 rings (SSSR count). The Morgan fingerprint density at radius 2 is 2.29 bits per heavy atom. The Kier molecular flexibility index (Phi) is 4.43. The molecule has 1 aromatic heterocycles. The van der Waals surface area contributed by atoms with Crippen LogP contribution in [0.15, 0.2) is 0 Å². The van der Waals surface area contributed by atoms with Gasteiger partial charge in [0.1, 0.15) is 5.01 Å². The van der Waals surface area contributed by atoms with Gasteiger partial charge in [-0.1, -0.05) is 13.8 Å². The van der Waals surface area contributed by atoms with Crippen molar-refractivity contribution in [1.82, 2.24) is 4.98 Å². The van der Waals surface area contributed by atoms with Gasteiger partial charge in [0.25, 0.3) is 0 Å². The lowest BCUT2D eigenvalue weighted by atomic mass is 10.1. The maximum absolute atomic E-state index is 8.69. The number of nitriles is 1. The summed E-state index contributed by atoms with van der Waals surface area (Å²) in [5.41, 5.74) is 1.11. The molecule has 0 fully saturated rings. The third-order valence-electron chi connectivity index (χ3n) is 1.83. The zero-order chi connectivity index (χ0) is 10.6. The van der Waals surface area contributed by atoms with E-state index in [0.717, 1.165) is 21.3 Å². The van der Waals surface area contributed by atoms with Gasteiger partial charge in [-0.3, -0.25) is 0 Å². The first-order valence-electron chi connectivity index (χ1n) is 4.53. The van der Waals surface area contributed by atoms with Gasteiger partial charge in [0.05, 0.1) is 18.2 Å². The zero-order valence-corrected chi connectivity index (χ0v) is 10.3. The van der Waals surface area contributed by atoms with Gasteiger partial charge in [-0.15, -0.1) is 11.3 Å². The normalized spacial score (nSPS) is 10.5. The third kappa shape index (κ3) is 2.73. The quantitative estimate of drug-likeness (QED) is 0.791. The van der Waals surface area contributed by atoms with Gasteiger partial charge in [-0.25, -0.2) is 4.98 Å². The Bertz CT molecular complexity index is 336. The van der Waals surface area contributed by atoms with Crippen molar-refractivity contribution in [2.24, 2.45) is 0 Å². The number of thiazole rings is 1. The highest BCUT2D eigenvalue weighted by atomic mass is 32.2. The van der Waals surface area contributed by atoms with Crippen LogP contribution >= 0.6 is 23.1 Å². The third-order valence-corrected chi connectivity index (χ3v) is 3.64. The molecular weight excluding hydrogens is 212 g/mol. The van der Waals surface area contributed by atoms with Crippen molar-refractivity contribution in [2.75, 3.05) is 6.26 Å². The Hall–Kier alpha value is -0.530. The van der Waals surface area contributed by atoms with E-state index < -0.39 is 0 Å². The summed E-state index contributed by atoms with van der Waals surface area (Å²) in [7, 11) is 0. The van der Waals surface area contributed by atoms with Crippen molar-refractivity contribution < 1.29 is 0 Å². The topological polar surface area (TPSA) is 36.7 Å².